The monoisotopic (exact) mass is 375 g/mol. The van der Waals surface area contributed by atoms with E-state index in [9.17, 15) is 9.59 Å². The molecular formula is C20H33N5O2. The second kappa shape index (κ2) is 10.7. The van der Waals surface area contributed by atoms with Gasteiger partial charge in [-0.05, 0) is 51.5 Å². The van der Waals surface area contributed by atoms with Gasteiger partial charge in [-0.15, -0.1) is 0 Å². The molecular weight excluding hydrogens is 342 g/mol. The van der Waals surface area contributed by atoms with Crippen LogP contribution in [-0.4, -0.2) is 47.5 Å². The molecule has 0 aromatic carbocycles. The van der Waals surface area contributed by atoms with E-state index in [0.29, 0.717) is 12.3 Å². The number of rotatable bonds is 8. The van der Waals surface area contributed by atoms with Gasteiger partial charge in [0, 0.05) is 50.9 Å². The fraction of sp³-hybridized carbons (Fsp3) is 0.650. The van der Waals surface area contributed by atoms with Gasteiger partial charge in [-0.2, -0.15) is 0 Å². The molecule has 27 heavy (non-hydrogen) atoms. The molecule has 0 radical (unpaired) electrons. The topological polar surface area (TPSA) is 92.7 Å². The van der Waals surface area contributed by atoms with Gasteiger partial charge in [-0.1, -0.05) is 6.07 Å². The molecule has 2 heterocycles. The van der Waals surface area contributed by atoms with Crippen molar-refractivity contribution in [3.05, 3.63) is 34.2 Å². The molecule has 7 nitrogen and oxygen atoms in total. The van der Waals surface area contributed by atoms with Crippen molar-refractivity contribution >= 4 is 11.9 Å². The molecule has 1 aromatic rings. The maximum Gasteiger partial charge on any atom is 0.250 e. The molecule has 1 aliphatic heterocycles. The first-order chi connectivity index (χ1) is 13.0. The lowest BCUT2D eigenvalue weighted by Gasteiger charge is -2.34. The van der Waals surface area contributed by atoms with E-state index in [2.05, 4.69) is 17.1 Å². The lowest BCUT2D eigenvalue weighted by molar-refractivity contribution is -0.119. The third kappa shape index (κ3) is 6.73. The number of nitrogens with zero attached hydrogens (tertiary/aromatic N) is 3. The first-order valence-corrected chi connectivity index (χ1v) is 9.99. The van der Waals surface area contributed by atoms with Crippen LogP contribution in [0.25, 0.3) is 0 Å². The largest absolute Gasteiger partial charge is 0.370 e. The molecule has 3 N–H and O–H groups in total. The van der Waals surface area contributed by atoms with Crippen LogP contribution in [-0.2, 0) is 11.3 Å². The Labute approximate surface area is 161 Å². The number of pyridine rings is 1. The molecule has 1 aliphatic rings. The Kier molecular flexibility index (Phi) is 8.36. The van der Waals surface area contributed by atoms with E-state index in [0.717, 1.165) is 70.1 Å². The lowest BCUT2D eigenvalue weighted by Crippen LogP contribution is -2.47. The Balaban J connectivity index is 1.86. The van der Waals surface area contributed by atoms with E-state index in [1.54, 1.807) is 12.1 Å². The van der Waals surface area contributed by atoms with E-state index < -0.39 is 0 Å². The average Bonchev–Trinajstić information content (AvgIpc) is 2.62. The van der Waals surface area contributed by atoms with Crippen molar-refractivity contribution in [1.82, 2.24) is 14.8 Å². The predicted molar refractivity (Wildman–Crippen MR) is 109 cm³/mol. The third-order valence-electron chi connectivity index (χ3n) is 4.96. The van der Waals surface area contributed by atoms with Gasteiger partial charge >= 0.3 is 0 Å². The van der Waals surface area contributed by atoms with Crippen LogP contribution in [0.5, 0.6) is 0 Å². The minimum atomic E-state index is -0.227. The number of nitrogens with one attached hydrogen (secondary N) is 1. The van der Waals surface area contributed by atoms with Crippen LogP contribution in [0.1, 0.15) is 44.7 Å². The smallest absolute Gasteiger partial charge is 0.250 e. The summed E-state index contributed by atoms with van der Waals surface area (Å²) in [5.41, 5.74) is 6.41. The molecule has 1 unspecified atom stereocenters. The molecule has 1 amide bonds. The quantitative estimate of drug-likeness (QED) is 0.409. The van der Waals surface area contributed by atoms with Crippen LogP contribution in [0, 0.1) is 12.8 Å². The number of likely N-dealkylation sites (tertiary alicyclic amines) is 1. The number of unbranched alkanes of at least 4 members (excludes halogenated alkanes) is 1. The van der Waals surface area contributed by atoms with Crippen molar-refractivity contribution in [3.63, 3.8) is 0 Å². The number of nitrogens with two attached hydrogens (primary N) is 1. The number of hydrogen-bond donors (Lipinski definition) is 2. The van der Waals surface area contributed by atoms with Crippen molar-refractivity contribution in [2.75, 3.05) is 26.2 Å². The van der Waals surface area contributed by atoms with Crippen LogP contribution in [0.15, 0.2) is 28.0 Å². The van der Waals surface area contributed by atoms with Crippen molar-refractivity contribution in [3.8, 4) is 0 Å². The highest BCUT2D eigenvalue weighted by Crippen LogP contribution is 2.19. The van der Waals surface area contributed by atoms with Gasteiger partial charge in [0.15, 0.2) is 5.96 Å². The highest BCUT2D eigenvalue weighted by atomic mass is 16.1. The summed E-state index contributed by atoms with van der Waals surface area (Å²) in [6.07, 6.45) is 4.38. The molecule has 0 bridgehead atoms. The van der Waals surface area contributed by atoms with Gasteiger partial charge in [0.1, 0.15) is 0 Å². The maximum atomic E-state index is 11.9. The van der Waals surface area contributed by atoms with Crippen LogP contribution in [0.2, 0.25) is 0 Å². The zero-order valence-corrected chi connectivity index (χ0v) is 16.6. The summed E-state index contributed by atoms with van der Waals surface area (Å²) < 4.78 is 1.81. The summed E-state index contributed by atoms with van der Waals surface area (Å²) in [7, 11) is 0. The number of piperidine rings is 1. The summed E-state index contributed by atoms with van der Waals surface area (Å²) >= 11 is 0. The molecule has 1 aromatic heterocycles. The number of primary amides is 1. The fourth-order valence-electron chi connectivity index (χ4n) is 3.61. The summed E-state index contributed by atoms with van der Waals surface area (Å²) in [6.45, 7) is 8.07. The normalized spacial score (nSPS) is 17.8. The van der Waals surface area contributed by atoms with Gasteiger partial charge < -0.3 is 20.5 Å². The Morgan fingerprint density at radius 2 is 2.19 bits per heavy atom. The Morgan fingerprint density at radius 3 is 2.89 bits per heavy atom. The lowest BCUT2D eigenvalue weighted by atomic mass is 9.95. The van der Waals surface area contributed by atoms with E-state index >= 15 is 0 Å². The highest BCUT2D eigenvalue weighted by Gasteiger charge is 2.23. The Hall–Kier alpha value is -2.31. The molecule has 2 rings (SSSR count). The van der Waals surface area contributed by atoms with Crippen molar-refractivity contribution in [2.24, 2.45) is 16.6 Å². The minimum Gasteiger partial charge on any atom is -0.370 e. The number of aliphatic imine (C=N–C) groups is 1. The number of amides is 1. The van der Waals surface area contributed by atoms with Crippen molar-refractivity contribution in [2.45, 2.75) is 52.5 Å². The molecule has 1 atom stereocenters. The Bertz CT molecular complexity index is 698. The summed E-state index contributed by atoms with van der Waals surface area (Å²) in [5, 5.41) is 3.36. The van der Waals surface area contributed by atoms with E-state index in [4.69, 9.17) is 10.7 Å². The van der Waals surface area contributed by atoms with E-state index in [1.807, 2.05) is 17.6 Å². The maximum absolute atomic E-state index is 11.9. The van der Waals surface area contributed by atoms with Gasteiger partial charge in [0.2, 0.25) is 5.91 Å². The standard InChI is InChI=1S/C20H33N5O2/c1-3-22-20(24-12-7-9-17(15-24)14-18(21)26)23-11-4-5-13-25-16(2)8-6-10-19(25)27/h6,8,10,17H,3-5,7,9,11-15H2,1-2H3,(H2,21,26)(H,22,23). The molecule has 1 saturated heterocycles. The SMILES string of the molecule is CCNC(=NCCCCn1c(C)cccc1=O)N1CCCC(CC(N)=O)C1. The molecule has 7 heteroatoms. The van der Waals surface area contributed by atoms with Gasteiger partial charge in [0.05, 0.1) is 0 Å². The molecule has 0 aliphatic carbocycles. The molecule has 150 valence electrons. The van der Waals surface area contributed by atoms with E-state index in [1.165, 1.54) is 0 Å². The highest BCUT2D eigenvalue weighted by molar-refractivity contribution is 5.80. The summed E-state index contributed by atoms with van der Waals surface area (Å²) in [5.74, 6) is 1.00. The second-order valence-corrected chi connectivity index (χ2v) is 7.22. The molecule has 0 saturated carbocycles. The fourth-order valence-corrected chi connectivity index (χ4v) is 3.61. The van der Waals surface area contributed by atoms with E-state index in [-0.39, 0.29) is 11.5 Å². The third-order valence-corrected chi connectivity index (χ3v) is 4.96. The number of guanidine groups is 1. The molecule has 1 fully saturated rings. The predicted octanol–water partition coefficient (Wildman–Crippen LogP) is 1.49. The number of aryl methyl sites for hydroxylation is 1. The Morgan fingerprint density at radius 1 is 1.37 bits per heavy atom. The first kappa shape index (κ1) is 21.0. The van der Waals surface area contributed by atoms with Gasteiger partial charge in [0.25, 0.3) is 5.56 Å². The van der Waals surface area contributed by atoms with Crippen molar-refractivity contribution < 1.29 is 4.79 Å². The zero-order valence-electron chi connectivity index (χ0n) is 16.6. The second-order valence-electron chi connectivity index (χ2n) is 7.22. The first-order valence-electron chi connectivity index (χ1n) is 9.99. The number of carbonyl (C=O) groups is 1. The van der Waals surface area contributed by atoms with Crippen molar-refractivity contribution in [1.29, 1.82) is 0 Å². The van der Waals surface area contributed by atoms with Gasteiger partial charge in [-0.3, -0.25) is 14.6 Å². The number of hydrogen-bond acceptors (Lipinski definition) is 3. The average molecular weight is 376 g/mol. The van der Waals surface area contributed by atoms with Crippen LogP contribution in [0.3, 0.4) is 0 Å². The van der Waals surface area contributed by atoms with Crippen LogP contribution in [0.4, 0.5) is 0 Å². The number of carbonyl (C=O) groups excluding carboxylic acids is 1. The van der Waals surface area contributed by atoms with Gasteiger partial charge in [-0.25, -0.2) is 0 Å². The molecule has 0 spiro atoms. The zero-order chi connectivity index (χ0) is 19.6. The van der Waals surface area contributed by atoms with Crippen LogP contribution < -0.4 is 16.6 Å². The number of aromatic nitrogens is 1. The van der Waals surface area contributed by atoms with Crippen LogP contribution >= 0.6 is 0 Å². The summed E-state index contributed by atoms with van der Waals surface area (Å²) in [4.78, 5) is 30.1. The minimum absolute atomic E-state index is 0.0562. The summed E-state index contributed by atoms with van der Waals surface area (Å²) in [6, 6.07) is 5.36.